The number of benzene rings is 1. The molecule has 0 aliphatic rings. The first-order valence-corrected chi connectivity index (χ1v) is 8.50. The Morgan fingerprint density at radius 3 is 2.50 bits per heavy atom. The number of aromatic nitrogens is 2. The first-order valence-electron chi connectivity index (χ1n) is 6.70. The molecule has 0 spiro atoms. The lowest BCUT2D eigenvalue weighted by Gasteiger charge is -2.05. The molecule has 24 heavy (non-hydrogen) atoms. The first-order chi connectivity index (χ1) is 11.5. The van der Waals surface area contributed by atoms with Gasteiger partial charge in [-0.05, 0) is 24.3 Å². The standard InChI is InChI=1S/C14H14N4O4S2/c1-8(19)15-13-17-18-14(24-13)23-7-11(20)16-10-5-3-9(4-6-10)12(21)22-2/h3-6H,7H2,1-2H3,(H,16,20)(H,15,17,19). The number of amides is 2. The van der Waals surface area contributed by atoms with Crippen molar-refractivity contribution in [3.8, 4) is 0 Å². The number of carbonyl (C=O) groups excluding carboxylic acids is 3. The predicted octanol–water partition coefficient (Wildman–Crippen LogP) is 2.01. The fraction of sp³-hybridized carbons (Fsp3) is 0.214. The minimum Gasteiger partial charge on any atom is -0.465 e. The van der Waals surface area contributed by atoms with Gasteiger partial charge < -0.3 is 15.4 Å². The monoisotopic (exact) mass is 366 g/mol. The molecule has 0 fully saturated rings. The second-order valence-electron chi connectivity index (χ2n) is 4.46. The maximum Gasteiger partial charge on any atom is 0.337 e. The summed E-state index contributed by atoms with van der Waals surface area (Å²) in [5.41, 5.74) is 0.980. The molecule has 0 saturated carbocycles. The number of nitrogens with zero attached hydrogens (tertiary/aromatic N) is 2. The van der Waals surface area contributed by atoms with Crippen molar-refractivity contribution < 1.29 is 19.1 Å². The Kier molecular flexibility index (Phi) is 6.27. The fourth-order valence-electron chi connectivity index (χ4n) is 1.60. The van der Waals surface area contributed by atoms with Crippen LogP contribution >= 0.6 is 23.1 Å². The zero-order chi connectivity index (χ0) is 17.5. The summed E-state index contributed by atoms with van der Waals surface area (Å²) in [4.78, 5) is 34.1. The van der Waals surface area contributed by atoms with Crippen molar-refractivity contribution in [2.45, 2.75) is 11.3 Å². The van der Waals surface area contributed by atoms with Gasteiger partial charge in [0.2, 0.25) is 16.9 Å². The van der Waals surface area contributed by atoms with Gasteiger partial charge in [0, 0.05) is 12.6 Å². The highest BCUT2D eigenvalue weighted by Crippen LogP contribution is 2.25. The molecule has 1 heterocycles. The smallest absolute Gasteiger partial charge is 0.337 e. The molecule has 10 heteroatoms. The van der Waals surface area contributed by atoms with Crippen LogP contribution in [0.4, 0.5) is 10.8 Å². The Bertz CT molecular complexity index is 745. The molecule has 0 radical (unpaired) electrons. The van der Waals surface area contributed by atoms with Gasteiger partial charge in [-0.1, -0.05) is 23.1 Å². The normalized spacial score (nSPS) is 10.1. The van der Waals surface area contributed by atoms with Crippen molar-refractivity contribution in [3.63, 3.8) is 0 Å². The van der Waals surface area contributed by atoms with Crippen LogP contribution in [0.5, 0.6) is 0 Å². The number of ether oxygens (including phenoxy) is 1. The van der Waals surface area contributed by atoms with Gasteiger partial charge in [0.25, 0.3) is 0 Å². The molecule has 1 aromatic heterocycles. The minimum absolute atomic E-state index is 0.146. The number of carbonyl (C=O) groups is 3. The lowest BCUT2D eigenvalue weighted by atomic mass is 10.2. The molecule has 0 atom stereocenters. The lowest BCUT2D eigenvalue weighted by Crippen LogP contribution is -2.14. The number of methoxy groups -OCH3 is 1. The molecule has 2 rings (SSSR count). The lowest BCUT2D eigenvalue weighted by molar-refractivity contribution is -0.114. The number of nitrogens with one attached hydrogen (secondary N) is 2. The van der Waals surface area contributed by atoms with E-state index in [1.165, 1.54) is 37.1 Å². The average Bonchev–Trinajstić information content (AvgIpc) is 2.99. The van der Waals surface area contributed by atoms with Gasteiger partial charge in [-0.2, -0.15) is 0 Å². The van der Waals surface area contributed by atoms with Gasteiger partial charge in [-0.3, -0.25) is 9.59 Å². The van der Waals surface area contributed by atoms with Gasteiger partial charge in [0.05, 0.1) is 18.4 Å². The van der Waals surface area contributed by atoms with E-state index in [1.807, 2.05) is 0 Å². The number of hydrogen-bond acceptors (Lipinski definition) is 8. The summed E-state index contributed by atoms with van der Waals surface area (Å²) in [7, 11) is 1.31. The number of hydrogen-bond donors (Lipinski definition) is 2. The molecule has 2 amide bonds. The largest absolute Gasteiger partial charge is 0.465 e. The van der Waals surface area contributed by atoms with Gasteiger partial charge in [-0.15, -0.1) is 10.2 Å². The van der Waals surface area contributed by atoms with Crippen LogP contribution in [-0.2, 0) is 14.3 Å². The Morgan fingerprint density at radius 2 is 1.88 bits per heavy atom. The van der Waals surface area contributed by atoms with E-state index in [9.17, 15) is 14.4 Å². The molecule has 8 nitrogen and oxygen atoms in total. The topological polar surface area (TPSA) is 110 Å². The van der Waals surface area contributed by atoms with Crippen molar-refractivity contribution in [1.82, 2.24) is 10.2 Å². The molecule has 0 bridgehead atoms. The molecule has 0 aliphatic heterocycles. The quantitative estimate of drug-likeness (QED) is 0.457. The molecule has 2 N–H and O–H groups in total. The molecule has 126 valence electrons. The van der Waals surface area contributed by atoms with Crippen LogP contribution in [0.3, 0.4) is 0 Å². The number of anilines is 2. The van der Waals surface area contributed by atoms with Gasteiger partial charge in [0.1, 0.15) is 0 Å². The molecule has 0 aliphatic carbocycles. The zero-order valence-electron chi connectivity index (χ0n) is 12.9. The van der Waals surface area contributed by atoms with Gasteiger partial charge in [-0.25, -0.2) is 4.79 Å². The second kappa shape index (κ2) is 8.41. The van der Waals surface area contributed by atoms with Crippen LogP contribution < -0.4 is 10.6 Å². The summed E-state index contributed by atoms with van der Waals surface area (Å²) in [6, 6.07) is 6.38. The van der Waals surface area contributed by atoms with Crippen molar-refractivity contribution in [2.75, 3.05) is 23.5 Å². The SMILES string of the molecule is COC(=O)c1ccc(NC(=O)CSc2nnc(NC(C)=O)s2)cc1. The fourth-order valence-corrected chi connectivity index (χ4v) is 3.20. The third-order valence-electron chi connectivity index (χ3n) is 2.61. The number of thioether (sulfide) groups is 1. The molecule has 1 aromatic carbocycles. The maximum absolute atomic E-state index is 11.9. The van der Waals surface area contributed by atoms with Crippen molar-refractivity contribution in [2.24, 2.45) is 0 Å². The summed E-state index contributed by atoms with van der Waals surface area (Å²) < 4.78 is 5.18. The van der Waals surface area contributed by atoms with E-state index in [0.717, 1.165) is 0 Å². The van der Waals surface area contributed by atoms with Gasteiger partial charge >= 0.3 is 5.97 Å². The van der Waals surface area contributed by atoms with E-state index in [-0.39, 0.29) is 17.6 Å². The Morgan fingerprint density at radius 1 is 1.17 bits per heavy atom. The molecular weight excluding hydrogens is 352 g/mol. The Hall–Kier alpha value is -2.46. The van der Waals surface area contributed by atoms with Crippen molar-refractivity contribution in [1.29, 1.82) is 0 Å². The van der Waals surface area contributed by atoms with E-state index in [4.69, 9.17) is 0 Å². The minimum atomic E-state index is -0.435. The molecular formula is C14H14N4O4S2. The highest BCUT2D eigenvalue weighted by Gasteiger charge is 2.10. The maximum atomic E-state index is 11.9. The van der Waals surface area contributed by atoms with E-state index in [2.05, 4.69) is 25.6 Å². The van der Waals surface area contributed by atoms with Crippen LogP contribution in [0.25, 0.3) is 0 Å². The molecule has 2 aromatic rings. The van der Waals surface area contributed by atoms with Crippen LogP contribution in [0.15, 0.2) is 28.6 Å². The average molecular weight is 366 g/mol. The third-order valence-corrected chi connectivity index (χ3v) is 4.58. The summed E-state index contributed by atoms with van der Waals surface area (Å²) in [5.74, 6) is -0.736. The van der Waals surface area contributed by atoms with Crippen molar-refractivity contribution in [3.05, 3.63) is 29.8 Å². The number of esters is 1. The van der Waals surface area contributed by atoms with Gasteiger partial charge in [0.15, 0.2) is 4.34 Å². The molecule has 0 saturated heterocycles. The van der Waals surface area contributed by atoms with Crippen LogP contribution in [0.1, 0.15) is 17.3 Å². The highest BCUT2D eigenvalue weighted by molar-refractivity contribution is 8.01. The summed E-state index contributed by atoms with van der Waals surface area (Å²) >= 11 is 2.41. The zero-order valence-corrected chi connectivity index (χ0v) is 14.5. The summed E-state index contributed by atoms with van der Waals surface area (Å²) in [5, 5.41) is 13.3. The summed E-state index contributed by atoms with van der Waals surface area (Å²) in [6.07, 6.45) is 0. The second-order valence-corrected chi connectivity index (χ2v) is 6.66. The van der Waals surface area contributed by atoms with E-state index < -0.39 is 5.97 Å². The van der Waals surface area contributed by atoms with Crippen LogP contribution in [0, 0.1) is 0 Å². The van der Waals surface area contributed by atoms with Crippen LogP contribution in [0.2, 0.25) is 0 Å². The van der Waals surface area contributed by atoms with E-state index in [0.29, 0.717) is 20.7 Å². The Balaban J connectivity index is 1.83. The molecule has 0 unspecified atom stereocenters. The third kappa shape index (κ3) is 5.32. The predicted molar refractivity (Wildman–Crippen MR) is 91.3 cm³/mol. The summed E-state index contributed by atoms with van der Waals surface area (Å²) in [6.45, 7) is 1.38. The first kappa shape index (κ1) is 17.9. The Labute approximate surface area is 146 Å². The van der Waals surface area contributed by atoms with Crippen LogP contribution in [-0.4, -0.2) is 40.8 Å². The van der Waals surface area contributed by atoms with E-state index >= 15 is 0 Å². The van der Waals surface area contributed by atoms with Crippen molar-refractivity contribution >= 4 is 51.7 Å². The van der Waals surface area contributed by atoms with E-state index in [1.54, 1.807) is 24.3 Å². The highest BCUT2D eigenvalue weighted by atomic mass is 32.2. The number of rotatable bonds is 6.